The van der Waals surface area contributed by atoms with E-state index in [-0.39, 0.29) is 24.0 Å². The van der Waals surface area contributed by atoms with E-state index in [0.717, 1.165) is 15.6 Å². The Morgan fingerprint density at radius 3 is 2.32 bits per heavy atom. The first-order chi connectivity index (χ1) is 13.3. The van der Waals surface area contributed by atoms with Gasteiger partial charge in [-0.25, -0.2) is 4.68 Å². The summed E-state index contributed by atoms with van der Waals surface area (Å²) in [5.74, 6) is -0.799. The largest absolute Gasteiger partial charge is 0.382 e. The maximum absolute atomic E-state index is 12.4. The minimum absolute atomic E-state index is 0.0187. The lowest BCUT2D eigenvalue weighted by Crippen LogP contribution is -2.21. The molecule has 0 atom stereocenters. The standard InChI is InChI=1S/C19H19BrN6O2/c1-11-7-12(2)9-15(8-11)22-16(27)10-26-18(21)17(24-25-26)19(28)23-14-5-3-13(20)4-6-14/h3-9H,10,21H2,1-2H3,(H,22,27)(H,23,28). The molecule has 0 aliphatic heterocycles. The molecular weight excluding hydrogens is 424 g/mol. The van der Waals surface area contributed by atoms with Gasteiger partial charge in [-0.3, -0.25) is 9.59 Å². The molecule has 3 rings (SSSR count). The lowest BCUT2D eigenvalue weighted by atomic mass is 10.1. The quantitative estimate of drug-likeness (QED) is 0.561. The van der Waals surface area contributed by atoms with Crippen LogP contribution in [0.4, 0.5) is 17.2 Å². The second kappa shape index (κ2) is 8.22. The highest BCUT2D eigenvalue weighted by Crippen LogP contribution is 2.17. The monoisotopic (exact) mass is 442 g/mol. The lowest BCUT2D eigenvalue weighted by Gasteiger charge is -2.08. The summed E-state index contributed by atoms with van der Waals surface area (Å²) in [5.41, 5.74) is 9.29. The molecule has 0 saturated carbocycles. The zero-order valence-electron chi connectivity index (χ0n) is 15.4. The molecule has 4 N–H and O–H groups in total. The van der Waals surface area contributed by atoms with Crippen LogP contribution in [0.5, 0.6) is 0 Å². The molecule has 8 nitrogen and oxygen atoms in total. The van der Waals surface area contributed by atoms with Crippen molar-refractivity contribution in [3.05, 3.63) is 63.8 Å². The highest BCUT2D eigenvalue weighted by molar-refractivity contribution is 9.10. The lowest BCUT2D eigenvalue weighted by molar-refractivity contribution is -0.116. The van der Waals surface area contributed by atoms with Gasteiger partial charge in [0, 0.05) is 15.8 Å². The van der Waals surface area contributed by atoms with Gasteiger partial charge in [0.1, 0.15) is 6.54 Å². The molecule has 1 aromatic heterocycles. The van der Waals surface area contributed by atoms with Crippen LogP contribution in [0, 0.1) is 13.8 Å². The van der Waals surface area contributed by atoms with Gasteiger partial charge in [0.15, 0.2) is 11.5 Å². The normalized spacial score (nSPS) is 10.5. The number of benzene rings is 2. The molecule has 2 amide bonds. The highest BCUT2D eigenvalue weighted by Gasteiger charge is 2.19. The van der Waals surface area contributed by atoms with Crippen molar-refractivity contribution in [2.75, 3.05) is 16.4 Å². The van der Waals surface area contributed by atoms with Crippen molar-refractivity contribution in [1.29, 1.82) is 0 Å². The number of carbonyl (C=O) groups is 2. The van der Waals surface area contributed by atoms with Crippen molar-refractivity contribution >= 4 is 44.9 Å². The predicted molar refractivity (Wildman–Crippen MR) is 111 cm³/mol. The third kappa shape index (κ3) is 4.74. The van der Waals surface area contributed by atoms with Crippen LogP contribution in [0.3, 0.4) is 0 Å². The molecule has 0 radical (unpaired) electrons. The molecule has 0 spiro atoms. The molecule has 3 aromatic rings. The summed E-state index contributed by atoms with van der Waals surface area (Å²) < 4.78 is 2.08. The van der Waals surface area contributed by atoms with E-state index in [4.69, 9.17) is 5.73 Å². The summed E-state index contributed by atoms with van der Waals surface area (Å²) >= 11 is 3.33. The average Bonchev–Trinajstić information content (AvgIpc) is 2.96. The molecule has 0 unspecified atom stereocenters. The predicted octanol–water partition coefficient (Wildman–Crippen LogP) is 3.13. The second-order valence-electron chi connectivity index (χ2n) is 6.37. The van der Waals surface area contributed by atoms with Gasteiger partial charge in [-0.15, -0.1) is 5.10 Å². The number of anilines is 3. The van der Waals surface area contributed by atoms with Crippen molar-refractivity contribution in [2.24, 2.45) is 0 Å². The summed E-state index contributed by atoms with van der Waals surface area (Å²) in [6.07, 6.45) is 0. The van der Waals surface area contributed by atoms with E-state index in [9.17, 15) is 9.59 Å². The summed E-state index contributed by atoms with van der Waals surface area (Å²) in [6.45, 7) is 3.75. The van der Waals surface area contributed by atoms with E-state index >= 15 is 0 Å². The molecule has 0 bridgehead atoms. The van der Waals surface area contributed by atoms with E-state index in [1.165, 1.54) is 4.68 Å². The van der Waals surface area contributed by atoms with Crippen LogP contribution in [-0.2, 0) is 11.3 Å². The minimum Gasteiger partial charge on any atom is -0.382 e. The zero-order valence-corrected chi connectivity index (χ0v) is 16.9. The molecule has 0 fully saturated rings. The maximum Gasteiger partial charge on any atom is 0.280 e. The van der Waals surface area contributed by atoms with Crippen molar-refractivity contribution in [3.8, 4) is 0 Å². The molecule has 0 aliphatic rings. The van der Waals surface area contributed by atoms with Gasteiger partial charge in [0.05, 0.1) is 0 Å². The number of carbonyl (C=O) groups excluding carboxylic acids is 2. The van der Waals surface area contributed by atoms with Gasteiger partial charge in [-0.2, -0.15) is 0 Å². The summed E-state index contributed by atoms with van der Waals surface area (Å²) in [5, 5.41) is 13.1. The molecule has 144 valence electrons. The van der Waals surface area contributed by atoms with Crippen LogP contribution in [-0.4, -0.2) is 26.8 Å². The summed E-state index contributed by atoms with van der Waals surface area (Å²) in [4.78, 5) is 24.7. The van der Waals surface area contributed by atoms with Crippen LogP contribution in [0.1, 0.15) is 21.6 Å². The number of nitrogens with one attached hydrogen (secondary N) is 2. The number of nitrogens with zero attached hydrogens (tertiary/aromatic N) is 3. The Labute approximate surface area is 170 Å². The molecule has 9 heteroatoms. The molecule has 0 saturated heterocycles. The van der Waals surface area contributed by atoms with Crippen LogP contribution in [0.2, 0.25) is 0 Å². The van der Waals surface area contributed by atoms with Gasteiger partial charge in [0.2, 0.25) is 5.91 Å². The van der Waals surface area contributed by atoms with E-state index in [1.807, 2.05) is 32.0 Å². The van der Waals surface area contributed by atoms with Gasteiger partial charge < -0.3 is 16.4 Å². The third-order valence-electron chi connectivity index (χ3n) is 3.89. The van der Waals surface area contributed by atoms with E-state index in [1.54, 1.807) is 24.3 Å². The Bertz CT molecular complexity index is 1010. The molecule has 1 heterocycles. The molecule has 28 heavy (non-hydrogen) atoms. The number of hydrogen-bond donors (Lipinski definition) is 3. The molecular formula is C19H19BrN6O2. The highest BCUT2D eigenvalue weighted by atomic mass is 79.9. The van der Waals surface area contributed by atoms with Crippen LogP contribution < -0.4 is 16.4 Å². The van der Waals surface area contributed by atoms with Gasteiger partial charge >= 0.3 is 0 Å². The fourth-order valence-electron chi connectivity index (χ4n) is 2.71. The number of hydrogen-bond acceptors (Lipinski definition) is 5. The van der Waals surface area contributed by atoms with Crippen molar-refractivity contribution in [2.45, 2.75) is 20.4 Å². The number of halogens is 1. The van der Waals surface area contributed by atoms with Crippen LogP contribution in [0.25, 0.3) is 0 Å². The van der Waals surface area contributed by atoms with E-state index < -0.39 is 5.91 Å². The first kappa shape index (κ1) is 19.6. The Morgan fingerprint density at radius 2 is 1.68 bits per heavy atom. The number of aryl methyl sites for hydroxylation is 2. The first-order valence-corrected chi connectivity index (χ1v) is 9.25. The van der Waals surface area contributed by atoms with Crippen LogP contribution >= 0.6 is 15.9 Å². The third-order valence-corrected chi connectivity index (χ3v) is 4.42. The minimum atomic E-state index is -0.499. The van der Waals surface area contributed by atoms with E-state index in [0.29, 0.717) is 11.4 Å². The zero-order chi connectivity index (χ0) is 20.3. The van der Waals surface area contributed by atoms with Crippen molar-refractivity contribution < 1.29 is 9.59 Å². The molecule has 0 aliphatic carbocycles. The fraction of sp³-hybridized carbons (Fsp3) is 0.158. The van der Waals surface area contributed by atoms with Gasteiger partial charge in [-0.05, 0) is 61.4 Å². The Kier molecular flexibility index (Phi) is 5.74. The second-order valence-corrected chi connectivity index (χ2v) is 7.28. The number of nitrogens with two attached hydrogens (primary N) is 1. The van der Waals surface area contributed by atoms with Crippen molar-refractivity contribution in [1.82, 2.24) is 15.0 Å². The smallest absolute Gasteiger partial charge is 0.280 e. The molecule has 2 aromatic carbocycles. The number of aromatic nitrogens is 3. The SMILES string of the molecule is Cc1cc(C)cc(NC(=O)Cn2nnc(C(=O)Nc3ccc(Br)cc3)c2N)c1. The number of nitrogen functional groups attached to an aromatic ring is 1. The maximum atomic E-state index is 12.4. The average molecular weight is 443 g/mol. The Hall–Kier alpha value is -3.20. The Balaban J connectivity index is 1.67. The van der Waals surface area contributed by atoms with Gasteiger partial charge in [-0.1, -0.05) is 27.2 Å². The first-order valence-electron chi connectivity index (χ1n) is 8.46. The number of amides is 2. The van der Waals surface area contributed by atoms with Gasteiger partial charge in [0.25, 0.3) is 5.91 Å². The fourth-order valence-corrected chi connectivity index (χ4v) is 2.97. The van der Waals surface area contributed by atoms with Crippen molar-refractivity contribution in [3.63, 3.8) is 0 Å². The summed E-state index contributed by atoms with van der Waals surface area (Å²) in [7, 11) is 0. The Morgan fingerprint density at radius 1 is 1.04 bits per heavy atom. The topological polar surface area (TPSA) is 115 Å². The number of rotatable bonds is 5. The van der Waals surface area contributed by atoms with Crippen LogP contribution in [0.15, 0.2) is 46.9 Å². The summed E-state index contributed by atoms with van der Waals surface area (Å²) in [6, 6.07) is 12.8. The van der Waals surface area contributed by atoms with E-state index in [2.05, 4.69) is 36.9 Å².